The lowest BCUT2D eigenvalue weighted by Crippen LogP contribution is -2.47. The highest BCUT2D eigenvalue weighted by Crippen LogP contribution is 2.69. The molecule has 7 heteroatoms. The first kappa shape index (κ1) is 22.0. The first-order chi connectivity index (χ1) is 15.3. The molecular formula is C25H25N2O4P. The fourth-order valence-electron chi connectivity index (χ4n) is 4.34. The highest BCUT2D eigenvalue weighted by molar-refractivity contribution is 7.67. The molecule has 4 rings (SSSR count). The number of carbonyl (C=O) groups is 2. The maximum absolute atomic E-state index is 12.9. The van der Waals surface area contributed by atoms with E-state index in [2.05, 4.69) is 5.43 Å². The molecule has 1 aliphatic heterocycles. The van der Waals surface area contributed by atoms with E-state index in [9.17, 15) is 14.7 Å². The van der Waals surface area contributed by atoms with Crippen LogP contribution in [0.25, 0.3) is 0 Å². The number of ether oxygens (including phenoxy) is 1. The zero-order valence-electron chi connectivity index (χ0n) is 18.1. The van der Waals surface area contributed by atoms with Gasteiger partial charge in [0, 0.05) is 25.0 Å². The number of carbonyl (C=O) groups excluding carboxylic acids is 2. The first-order valence-corrected chi connectivity index (χ1v) is 11.7. The topological polar surface area (TPSA) is 78.9 Å². The summed E-state index contributed by atoms with van der Waals surface area (Å²) in [6.45, 7) is 4.85. The maximum atomic E-state index is 12.9. The van der Waals surface area contributed by atoms with E-state index in [0.717, 1.165) is 10.9 Å². The van der Waals surface area contributed by atoms with E-state index in [0.29, 0.717) is 11.3 Å². The molecule has 3 aromatic rings. The Labute approximate surface area is 188 Å². The number of amides is 1. The van der Waals surface area contributed by atoms with Crippen LogP contribution in [0.2, 0.25) is 0 Å². The molecule has 0 bridgehead atoms. The van der Waals surface area contributed by atoms with Crippen LogP contribution in [-0.4, -0.2) is 22.0 Å². The van der Waals surface area contributed by atoms with E-state index < -0.39 is 19.2 Å². The second kappa shape index (κ2) is 8.73. The molecule has 0 aromatic heterocycles. The number of benzene rings is 3. The summed E-state index contributed by atoms with van der Waals surface area (Å²) in [4.78, 5) is 24.6. The van der Waals surface area contributed by atoms with Gasteiger partial charge in [0.05, 0.1) is 5.78 Å². The molecule has 32 heavy (non-hydrogen) atoms. The quantitative estimate of drug-likeness (QED) is 0.352. The maximum Gasteiger partial charge on any atom is 0.308 e. The van der Waals surface area contributed by atoms with Gasteiger partial charge in [-0.2, -0.15) is 0 Å². The standard InChI is InChI=1S/C25H25N2O4P/c1-17(28)27-25(3,21-14-8-9-15-22(21)30)32(19-11-5-4-6-12-19)24(26-27)20-13-7-10-16-23(20)31-18(2)29/h4-16,24,26,30H,1-3H3. The summed E-state index contributed by atoms with van der Waals surface area (Å²) in [6.07, 6.45) is 0. The van der Waals surface area contributed by atoms with Crippen LogP contribution in [0, 0.1) is 0 Å². The molecule has 0 saturated carbocycles. The van der Waals surface area contributed by atoms with Gasteiger partial charge in [0.15, 0.2) is 0 Å². The number of phenolic OH excluding ortho intramolecular Hbond substituents is 1. The number of phenols is 1. The second-order valence-corrected chi connectivity index (χ2v) is 10.4. The molecule has 6 nitrogen and oxygen atoms in total. The van der Waals surface area contributed by atoms with Gasteiger partial charge in [0.1, 0.15) is 16.8 Å². The van der Waals surface area contributed by atoms with Crippen LogP contribution in [0.4, 0.5) is 0 Å². The molecule has 1 fully saturated rings. The number of rotatable bonds is 4. The highest BCUT2D eigenvalue weighted by atomic mass is 31.1. The Bertz CT molecular complexity index is 1150. The van der Waals surface area contributed by atoms with Crippen LogP contribution < -0.4 is 15.5 Å². The zero-order chi connectivity index (χ0) is 22.9. The van der Waals surface area contributed by atoms with E-state index in [4.69, 9.17) is 4.74 Å². The van der Waals surface area contributed by atoms with Crippen molar-refractivity contribution in [2.45, 2.75) is 31.8 Å². The molecule has 1 saturated heterocycles. The van der Waals surface area contributed by atoms with Gasteiger partial charge in [-0.3, -0.25) is 14.6 Å². The minimum absolute atomic E-state index is 0.125. The molecule has 1 amide bonds. The predicted molar refractivity (Wildman–Crippen MR) is 125 cm³/mol. The zero-order valence-corrected chi connectivity index (χ0v) is 19.0. The van der Waals surface area contributed by atoms with Gasteiger partial charge in [0.2, 0.25) is 5.91 Å². The third-order valence-electron chi connectivity index (χ3n) is 5.64. The van der Waals surface area contributed by atoms with Crippen LogP contribution >= 0.6 is 7.92 Å². The lowest BCUT2D eigenvalue weighted by molar-refractivity contribution is -0.135. The minimum Gasteiger partial charge on any atom is -0.508 e. The van der Waals surface area contributed by atoms with Gasteiger partial charge in [-0.15, -0.1) is 0 Å². The fraction of sp³-hybridized carbons (Fsp3) is 0.200. The highest BCUT2D eigenvalue weighted by Gasteiger charge is 2.55. The Morgan fingerprint density at radius 3 is 2.25 bits per heavy atom. The predicted octanol–water partition coefficient (Wildman–Crippen LogP) is 4.36. The molecule has 1 aliphatic rings. The smallest absolute Gasteiger partial charge is 0.308 e. The van der Waals surface area contributed by atoms with Crippen molar-refractivity contribution in [1.29, 1.82) is 0 Å². The monoisotopic (exact) mass is 448 g/mol. The van der Waals surface area contributed by atoms with Crippen LogP contribution in [0.1, 0.15) is 37.7 Å². The SMILES string of the molecule is CC(=O)Oc1ccccc1C1NN(C(C)=O)C(C)(c2ccccc2O)P1c1ccccc1. The van der Waals surface area contributed by atoms with E-state index >= 15 is 0 Å². The van der Waals surface area contributed by atoms with Gasteiger partial charge in [-0.05, 0) is 32.3 Å². The summed E-state index contributed by atoms with van der Waals surface area (Å²) in [5, 5.41) is 12.6. The summed E-state index contributed by atoms with van der Waals surface area (Å²) in [5.41, 5.74) is 4.83. The molecule has 0 spiro atoms. The van der Waals surface area contributed by atoms with Crippen molar-refractivity contribution in [2.75, 3.05) is 0 Å². The summed E-state index contributed by atoms with van der Waals surface area (Å²) < 4.78 is 5.51. The number of aromatic hydroxyl groups is 1. The van der Waals surface area contributed by atoms with Gasteiger partial charge >= 0.3 is 5.97 Å². The number of nitrogens with one attached hydrogen (secondary N) is 1. The Morgan fingerprint density at radius 2 is 1.59 bits per heavy atom. The largest absolute Gasteiger partial charge is 0.508 e. The molecule has 1 heterocycles. The molecule has 0 aliphatic carbocycles. The lowest BCUT2D eigenvalue weighted by atomic mass is 10.1. The number of para-hydroxylation sites is 2. The third kappa shape index (κ3) is 3.77. The van der Waals surface area contributed by atoms with Gasteiger partial charge < -0.3 is 9.84 Å². The number of hydrogen-bond acceptors (Lipinski definition) is 5. The molecule has 3 unspecified atom stereocenters. The second-order valence-electron chi connectivity index (χ2n) is 7.76. The Balaban J connectivity index is 1.97. The minimum atomic E-state index is -1.19. The Kier molecular flexibility index (Phi) is 6.00. The van der Waals surface area contributed by atoms with Gasteiger partial charge in [0.25, 0.3) is 0 Å². The molecule has 3 aromatic carbocycles. The fourth-order valence-corrected chi connectivity index (χ4v) is 7.72. The normalized spacial score (nSPS) is 22.5. The van der Waals surface area contributed by atoms with Crippen molar-refractivity contribution < 1.29 is 19.4 Å². The van der Waals surface area contributed by atoms with Crippen molar-refractivity contribution in [1.82, 2.24) is 10.4 Å². The van der Waals surface area contributed by atoms with Crippen molar-refractivity contribution in [2.24, 2.45) is 0 Å². The number of hydrazine groups is 1. The van der Waals surface area contributed by atoms with Gasteiger partial charge in [-0.25, -0.2) is 5.43 Å². The third-order valence-corrected chi connectivity index (χ3v) is 8.79. The van der Waals surface area contributed by atoms with Crippen molar-refractivity contribution in [3.63, 3.8) is 0 Å². The van der Waals surface area contributed by atoms with Gasteiger partial charge in [-0.1, -0.05) is 66.7 Å². The molecular weight excluding hydrogens is 423 g/mol. The average Bonchev–Trinajstić information content (AvgIpc) is 3.08. The van der Waals surface area contributed by atoms with Crippen LogP contribution in [0.3, 0.4) is 0 Å². The van der Waals surface area contributed by atoms with Crippen LogP contribution in [0.5, 0.6) is 11.5 Å². The number of hydrogen-bond donors (Lipinski definition) is 2. The molecule has 3 atom stereocenters. The molecule has 164 valence electrons. The Morgan fingerprint density at radius 1 is 0.969 bits per heavy atom. The lowest BCUT2D eigenvalue weighted by Gasteiger charge is -2.39. The van der Waals surface area contributed by atoms with Crippen molar-refractivity contribution in [3.8, 4) is 11.5 Å². The van der Waals surface area contributed by atoms with Crippen LogP contribution in [-0.2, 0) is 14.9 Å². The molecule has 2 N–H and O–H groups in total. The Hall–Kier alpha value is -3.21. The van der Waals surface area contributed by atoms with E-state index in [-0.39, 0.29) is 17.4 Å². The number of nitrogens with zero attached hydrogens (tertiary/aromatic N) is 1. The van der Waals surface area contributed by atoms with Crippen LogP contribution in [0.15, 0.2) is 78.9 Å². The summed E-state index contributed by atoms with van der Waals surface area (Å²) in [5.74, 6) is -0.346. The summed E-state index contributed by atoms with van der Waals surface area (Å²) in [7, 11) is -1.19. The molecule has 0 radical (unpaired) electrons. The summed E-state index contributed by atoms with van der Waals surface area (Å²) in [6, 6.07) is 24.4. The van der Waals surface area contributed by atoms with E-state index in [1.807, 2.05) is 67.6 Å². The summed E-state index contributed by atoms with van der Waals surface area (Å²) >= 11 is 0. The first-order valence-electron chi connectivity index (χ1n) is 10.3. The van der Waals surface area contributed by atoms with E-state index in [1.54, 1.807) is 23.2 Å². The van der Waals surface area contributed by atoms with Crippen molar-refractivity contribution >= 4 is 25.1 Å². The van der Waals surface area contributed by atoms with E-state index in [1.165, 1.54) is 13.8 Å². The number of esters is 1. The average molecular weight is 448 g/mol. The van der Waals surface area contributed by atoms with Crippen molar-refractivity contribution in [3.05, 3.63) is 90.0 Å².